The highest BCUT2D eigenvalue weighted by Crippen LogP contribution is 2.22. The number of hydrazone groups is 1. The second kappa shape index (κ2) is 10.5. The molecule has 1 amide bonds. The van der Waals surface area contributed by atoms with Gasteiger partial charge in [-0.15, -0.1) is 0 Å². The van der Waals surface area contributed by atoms with E-state index in [2.05, 4.69) is 15.1 Å². The van der Waals surface area contributed by atoms with E-state index < -0.39 is 6.10 Å². The highest BCUT2D eigenvalue weighted by Gasteiger charge is 2.11. The third kappa shape index (κ3) is 5.92. The van der Waals surface area contributed by atoms with Crippen molar-refractivity contribution in [3.63, 3.8) is 0 Å². The fourth-order valence-electron chi connectivity index (χ4n) is 3.48. The number of carbonyl (C=O) groups is 2. The number of amides is 1. The van der Waals surface area contributed by atoms with E-state index in [9.17, 15) is 14.7 Å². The SMILES string of the molecule is CC(=O)Oc1ccc(-n2c(C)cc(/C=N\NC(=O)CC[C@@H](O)c3ccccc3)c2C)cc1. The number of rotatable bonds is 8. The van der Waals surface area contributed by atoms with Crippen LogP contribution in [0.25, 0.3) is 5.69 Å². The monoisotopic (exact) mass is 433 g/mol. The Balaban J connectivity index is 1.59. The van der Waals surface area contributed by atoms with Crippen molar-refractivity contribution in [1.82, 2.24) is 9.99 Å². The number of carbonyl (C=O) groups excluding carboxylic acids is 2. The molecule has 7 heteroatoms. The number of aryl methyl sites for hydroxylation is 1. The van der Waals surface area contributed by atoms with Crippen LogP contribution in [-0.4, -0.2) is 27.8 Å². The van der Waals surface area contributed by atoms with Gasteiger partial charge in [0.1, 0.15) is 5.75 Å². The van der Waals surface area contributed by atoms with Gasteiger partial charge in [0.2, 0.25) is 5.91 Å². The van der Waals surface area contributed by atoms with Crippen LogP contribution >= 0.6 is 0 Å². The van der Waals surface area contributed by atoms with Crippen LogP contribution in [0.2, 0.25) is 0 Å². The van der Waals surface area contributed by atoms with E-state index >= 15 is 0 Å². The summed E-state index contributed by atoms with van der Waals surface area (Å²) in [6, 6.07) is 18.5. The van der Waals surface area contributed by atoms with Crippen molar-refractivity contribution in [1.29, 1.82) is 0 Å². The van der Waals surface area contributed by atoms with Gasteiger partial charge in [-0.3, -0.25) is 9.59 Å². The van der Waals surface area contributed by atoms with Crippen LogP contribution in [0.5, 0.6) is 5.75 Å². The predicted molar refractivity (Wildman–Crippen MR) is 123 cm³/mol. The molecule has 0 unspecified atom stereocenters. The molecule has 2 aromatic carbocycles. The fourth-order valence-corrected chi connectivity index (χ4v) is 3.48. The van der Waals surface area contributed by atoms with E-state index in [-0.39, 0.29) is 18.3 Å². The summed E-state index contributed by atoms with van der Waals surface area (Å²) in [5, 5.41) is 14.2. The van der Waals surface area contributed by atoms with E-state index in [1.807, 2.05) is 62.4 Å². The molecule has 0 aliphatic rings. The van der Waals surface area contributed by atoms with Gasteiger partial charge >= 0.3 is 5.97 Å². The van der Waals surface area contributed by atoms with E-state index in [0.717, 1.165) is 28.2 Å². The van der Waals surface area contributed by atoms with Crippen LogP contribution in [0.4, 0.5) is 0 Å². The number of hydrogen-bond donors (Lipinski definition) is 2. The van der Waals surface area contributed by atoms with Crippen molar-refractivity contribution < 1.29 is 19.4 Å². The fraction of sp³-hybridized carbons (Fsp3) is 0.240. The first kappa shape index (κ1) is 23.0. The maximum absolute atomic E-state index is 12.1. The third-order valence-electron chi connectivity index (χ3n) is 5.05. The Morgan fingerprint density at radius 1 is 1.12 bits per heavy atom. The lowest BCUT2D eigenvalue weighted by atomic mass is 10.1. The van der Waals surface area contributed by atoms with Gasteiger partial charge in [-0.25, -0.2) is 5.43 Å². The minimum atomic E-state index is -0.683. The summed E-state index contributed by atoms with van der Waals surface area (Å²) in [4.78, 5) is 23.2. The Morgan fingerprint density at radius 2 is 1.81 bits per heavy atom. The molecule has 3 aromatic rings. The maximum Gasteiger partial charge on any atom is 0.308 e. The largest absolute Gasteiger partial charge is 0.427 e. The Bertz CT molecular complexity index is 1100. The molecule has 0 saturated heterocycles. The van der Waals surface area contributed by atoms with Gasteiger partial charge in [-0.1, -0.05) is 30.3 Å². The Morgan fingerprint density at radius 3 is 2.47 bits per heavy atom. The number of aromatic nitrogens is 1. The van der Waals surface area contributed by atoms with Gasteiger partial charge in [0, 0.05) is 36.0 Å². The van der Waals surface area contributed by atoms with Crippen molar-refractivity contribution >= 4 is 18.1 Å². The Labute approximate surface area is 187 Å². The zero-order valence-corrected chi connectivity index (χ0v) is 18.4. The van der Waals surface area contributed by atoms with Gasteiger partial charge in [0.25, 0.3) is 0 Å². The molecule has 2 N–H and O–H groups in total. The van der Waals surface area contributed by atoms with Gasteiger partial charge in [-0.05, 0) is 56.2 Å². The Kier molecular flexibility index (Phi) is 7.57. The van der Waals surface area contributed by atoms with Crippen LogP contribution in [0, 0.1) is 13.8 Å². The van der Waals surface area contributed by atoms with E-state index in [4.69, 9.17) is 4.74 Å². The first-order valence-electron chi connectivity index (χ1n) is 10.4. The number of esters is 1. The molecule has 0 spiro atoms. The predicted octanol–water partition coefficient (Wildman–Crippen LogP) is 3.98. The number of ether oxygens (including phenoxy) is 1. The summed E-state index contributed by atoms with van der Waals surface area (Å²) in [5.74, 6) is -0.127. The summed E-state index contributed by atoms with van der Waals surface area (Å²) < 4.78 is 7.13. The van der Waals surface area contributed by atoms with Gasteiger partial charge in [0.15, 0.2) is 0 Å². The molecular formula is C25H27N3O4. The van der Waals surface area contributed by atoms with Crippen molar-refractivity contribution in [3.05, 3.63) is 83.2 Å². The minimum Gasteiger partial charge on any atom is -0.427 e. The van der Waals surface area contributed by atoms with Gasteiger partial charge in [0.05, 0.1) is 12.3 Å². The molecule has 7 nitrogen and oxygen atoms in total. The van der Waals surface area contributed by atoms with Gasteiger partial charge < -0.3 is 14.4 Å². The van der Waals surface area contributed by atoms with Crippen molar-refractivity contribution in [2.75, 3.05) is 0 Å². The van der Waals surface area contributed by atoms with Crippen LogP contribution in [0.15, 0.2) is 65.8 Å². The molecule has 0 radical (unpaired) electrons. The average Bonchev–Trinajstić information content (AvgIpc) is 3.06. The number of hydrogen-bond acceptors (Lipinski definition) is 5. The summed E-state index contributed by atoms with van der Waals surface area (Å²) in [6.45, 7) is 5.31. The molecule has 166 valence electrons. The molecule has 3 rings (SSSR count). The maximum atomic E-state index is 12.1. The summed E-state index contributed by atoms with van der Waals surface area (Å²) in [5.41, 5.74) is 7.07. The normalized spacial score (nSPS) is 12.0. The lowest BCUT2D eigenvalue weighted by molar-refractivity contribution is -0.131. The highest BCUT2D eigenvalue weighted by atomic mass is 16.5. The number of nitrogens with one attached hydrogen (secondary N) is 1. The Hall–Kier alpha value is -3.71. The van der Waals surface area contributed by atoms with E-state index in [1.54, 1.807) is 18.3 Å². The van der Waals surface area contributed by atoms with E-state index in [1.165, 1.54) is 6.92 Å². The van der Waals surface area contributed by atoms with Crippen LogP contribution in [0.1, 0.15) is 48.4 Å². The zero-order chi connectivity index (χ0) is 23.1. The topological polar surface area (TPSA) is 92.9 Å². The second-order valence-corrected chi connectivity index (χ2v) is 7.51. The minimum absolute atomic E-state index is 0.168. The lowest BCUT2D eigenvalue weighted by Gasteiger charge is -2.10. The molecule has 0 saturated carbocycles. The molecule has 1 atom stereocenters. The molecular weight excluding hydrogens is 406 g/mol. The van der Waals surface area contributed by atoms with E-state index in [0.29, 0.717) is 12.2 Å². The van der Waals surface area contributed by atoms with Crippen LogP contribution in [-0.2, 0) is 9.59 Å². The summed E-state index contributed by atoms with van der Waals surface area (Å²) in [6.07, 6.45) is 1.42. The number of aliphatic hydroxyl groups excluding tert-OH is 1. The molecule has 0 fully saturated rings. The summed E-state index contributed by atoms with van der Waals surface area (Å²) in [7, 11) is 0. The lowest BCUT2D eigenvalue weighted by Crippen LogP contribution is -2.18. The van der Waals surface area contributed by atoms with Crippen molar-refractivity contribution in [2.45, 2.75) is 39.7 Å². The molecule has 0 bridgehead atoms. The molecule has 1 aromatic heterocycles. The first-order valence-corrected chi connectivity index (χ1v) is 10.4. The highest BCUT2D eigenvalue weighted by molar-refractivity contribution is 5.84. The van der Waals surface area contributed by atoms with Crippen molar-refractivity contribution in [2.24, 2.45) is 5.10 Å². The summed E-state index contributed by atoms with van der Waals surface area (Å²) >= 11 is 0. The number of nitrogens with zero attached hydrogens (tertiary/aromatic N) is 2. The number of benzene rings is 2. The zero-order valence-electron chi connectivity index (χ0n) is 18.4. The van der Waals surface area contributed by atoms with Crippen molar-refractivity contribution in [3.8, 4) is 11.4 Å². The smallest absolute Gasteiger partial charge is 0.308 e. The molecule has 1 heterocycles. The standard InChI is InChI=1S/C25H27N3O4/c1-17-15-21(18(2)28(17)22-9-11-23(12-10-22)32-19(3)29)16-26-27-25(31)14-13-24(30)20-7-5-4-6-8-20/h4-12,15-16,24,30H,13-14H2,1-3H3,(H,27,31)/b26-16-/t24-/m1/s1. The van der Waals surface area contributed by atoms with Gasteiger partial charge in [-0.2, -0.15) is 5.10 Å². The van der Waals surface area contributed by atoms with Crippen LogP contribution < -0.4 is 10.2 Å². The average molecular weight is 434 g/mol. The molecule has 0 aliphatic heterocycles. The number of aliphatic hydroxyl groups is 1. The third-order valence-corrected chi connectivity index (χ3v) is 5.05. The molecule has 0 aliphatic carbocycles. The van der Waals surface area contributed by atoms with Crippen LogP contribution in [0.3, 0.4) is 0 Å². The first-order chi connectivity index (χ1) is 15.3. The quantitative estimate of drug-likeness (QED) is 0.243. The second-order valence-electron chi connectivity index (χ2n) is 7.51. The molecule has 32 heavy (non-hydrogen) atoms.